The molecular formula is C8H6N4O4. The minimum absolute atomic E-state index is 0.00981. The summed E-state index contributed by atoms with van der Waals surface area (Å²) in [7, 11) is 0. The summed E-state index contributed by atoms with van der Waals surface area (Å²) in [5.74, 6) is 0. The first-order valence-corrected chi connectivity index (χ1v) is 4.60. The molecule has 1 aromatic heterocycles. The SMILES string of the molecule is O=[N+]([O-])c1ccc(N2CC2)c2c1no[n+]2[O-]. The Balaban J connectivity index is 2.35. The molecule has 1 fully saturated rings. The molecule has 16 heavy (non-hydrogen) atoms. The molecule has 1 aromatic carbocycles. The van der Waals surface area contributed by atoms with E-state index in [9.17, 15) is 15.3 Å². The van der Waals surface area contributed by atoms with Gasteiger partial charge in [-0.1, -0.05) is 0 Å². The highest BCUT2D eigenvalue weighted by Gasteiger charge is 2.31. The Hall–Kier alpha value is -2.38. The summed E-state index contributed by atoms with van der Waals surface area (Å²) in [6, 6.07) is 2.87. The van der Waals surface area contributed by atoms with Gasteiger partial charge in [0.05, 0.1) is 15.8 Å². The van der Waals surface area contributed by atoms with Crippen LogP contribution in [0.15, 0.2) is 16.8 Å². The molecule has 0 atom stereocenters. The first-order chi connectivity index (χ1) is 7.68. The number of nitro benzene ring substituents is 1. The number of benzene rings is 1. The summed E-state index contributed by atoms with van der Waals surface area (Å²) in [6.45, 7) is 1.66. The van der Waals surface area contributed by atoms with Crippen molar-refractivity contribution in [3.05, 3.63) is 27.5 Å². The van der Waals surface area contributed by atoms with Crippen molar-refractivity contribution < 1.29 is 14.5 Å². The predicted molar refractivity (Wildman–Crippen MR) is 51.8 cm³/mol. The smallest absolute Gasteiger partial charge is 0.327 e. The second kappa shape index (κ2) is 2.81. The number of aromatic nitrogens is 2. The van der Waals surface area contributed by atoms with Crippen molar-refractivity contribution in [3.8, 4) is 0 Å². The molecule has 1 saturated heterocycles. The van der Waals surface area contributed by atoms with E-state index >= 15 is 0 Å². The fourth-order valence-electron chi connectivity index (χ4n) is 1.64. The van der Waals surface area contributed by atoms with E-state index in [0.717, 1.165) is 13.1 Å². The van der Waals surface area contributed by atoms with Gasteiger partial charge < -0.3 is 10.1 Å². The summed E-state index contributed by atoms with van der Waals surface area (Å²) >= 11 is 0. The molecule has 0 bridgehead atoms. The first-order valence-electron chi connectivity index (χ1n) is 4.60. The van der Waals surface area contributed by atoms with Gasteiger partial charge in [-0.15, -0.1) is 0 Å². The van der Waals surface area contributed by atoms with Crippen LogP contribution < -0.4 is 9.80 Å². The van der Waals surface area contributed by atoms with Crippen molar-refractivity contribution in [1.29, 1.82) is 0 Å². The van der Waals surface area contributed by atoms with E-state index in [-0.39, 0.29) is 21.6 Å². The van der Waals surface area contributed by atoms with Gasteiger partial charge in [0.2, 0.25) is 0 Å². The van der Waals surface area contributed by atoms with Gasteiger partial charge in [-0.25, -0.2) is 0 Å². The Morgan fingerprint density at radius 2 is 2.25 bits per heavy atom. The molecule has 2 aromatic rings. The average molecular weight is 222 g/mol. The van der Waals surface area contributed by atoms with Crippen LogP contribution in [0.5, 0.6) is 0 Å². The van der Waals surface area contributed by atoms with Crippen LogP contribution in [0.3, 0.4) is 0 Å². The third kappa shape index (κ3) is 1.09. The molecule has 2 heterocycles. The van der Waals surface area contributed by atoms with Crippen LogP contribution in [0, 0.1) is 15.3 Å². The van der Waals surface area contributed by atoms with Gasteiger partial charge in [-0.05, 0) is 11.0 Å². The molecule has 0 aliphatic carbocycles. The van der Waals surface area contributed by atoms with E-state index in [1.165, 1.54) is 6.07 Å². The van der Waals surface area contributed by atoms with Gasteiger partial charge >= 0.3 is 11.2 Å². The molecule has 0 N–H and O–H groups in total. The number of nitrogens with zero attached hydrogens (tertiary/aromatic N) is 4. The topological polar surface area (TPSA) is 99.1 Å². The lowest BCUT2D eigenvalue weighted by Crippen LogP contribution is -2.23. The van der Waals surface area contributed by atoms with Crippen LogP contribution in [0.1, 0.15) is 0 Å². The maximum Gasteiger partial charge on any atom is 0.327 e. The van der Waals surface area contributed by atoms with E-state index in [4.69, 9.17) is 0 Å². The number of nitro groups is 1. The minimum Gasteiger partial charge on any atom is -0.364 e. The molecule has 8 nitrogen and oxygen atoms in total. The number of hydrogen-bond donors (Lipinski definition) is 0. The number of non-ortho nitro benzene ring substituents is 1. The molecular weight excluding hydrogens is 216 g/mol. The summed E-state index contributed by atoms with van der Waals surface area (Å²) in [5.41, 5.74) is 0.506. The molecule has 0 amide bonds. The summed E-state index contributed by atoms with van der Waals surface area (Å²) < 4.78 is 4.40. The lowest BCUT2D eigenvalue weighted by Gasteiger charge is -2.00. The van der Waals surface area contributed by atoms with Gasteiger partial charge in [0.25, 0.3) is 5.52 Å². The molecule has 0 radical (unpaired) electrons. The highest BCUT2D eigenvalue weighted by Crippen LogP contribution is 2.32. The van der Waals surface area contributed by atoms with E-state index in [1.54, 1.807) is 6.07 Å². The van der Waals surface area contributed by atoms with Crippen LogP contribution in [0.25, 0.3) is 11.0 Å². The average Bonchev–Trinajstić information content (AvgIpc) is 3.02. The Morgan fingerprint density at radius 3 is 2.88 bits per heavy atom. The maximum atomic E-state index is 11.3. The number of anilines is 1. The summed E-state index contributed by atoms with van der Waals surface area (Å²) in [6.07, 6.45) is 0. The van der Waals surface area contributed by atoms with E-state index < -0.39 is 4.92 Å². The van der Waals surface area contributed by atoms with Crippen molar-refractivity contribution in [2.45, 2.75) is 0 Å². The largest absolute Gasteiger partial charge is 0.364 e. The van der Waals surface area contributed by atoms with Crippen molar-refractivity contribution in [2.24, 2.45) is 0 Å². The normalized spacial score (nSPS) is 14.4. The lowest BCUT2D eigenvalue weighted by atomic mass is 10.2. The summed E-state index contributed by atoms with van der Waals surface area (Å²) in [4.78, 5) is 12.2. The molecule has 1 aliphatic rings. The van der Waals surface area contributed by atoms with Crippen molar-refractivity contribution in [1.82, 2.24) is 5.16 Å². The highest BCUT2D eigenvalue weighted by molar-refractivity contribution is 5.92. The standard InChI is InChI=1S/C8H6N4O4/c13-11(14)5-1-2-6(10-3-4-10)8-7(5)9-16-12(8)15/h1-2H,3-4H2. The van der Waals surface area contributed by atoms with E-state index in [1.807, 2.05) is 4.90 Å². The Bertz CT molecular complexity index is 589. The maximum absolute atomic E-state index is 11.3. The van der Waals surface area contributed by atoms with Crippen molar-refractivity contribution in [3.63, 3.8) is 0 Å². The molecule has 0 unspecified atom stereocenters. The lowest BCUT2D eigenvalue weighted by molar-refractivity contribution is -0.781. The van der Waals surface area contributed by atoms with Gasteiger partial charge in [0.15, 0.2) is 0 Å². The Kier molecular flexibility index (Phi) is 1.56. The van der Waals surface area contributed by atoms with Crippen LogP contribution in [-0.4, -0.2) is 23.2 Å². The summed E-state index contributed by atoms with van der Waals surface area (Å²) in [5, 5.41) is 25.5. The van der Waals surface area contributed by atoms with Gasteiger partial charge in [0.1, 0.15) is 0 Å². The van der Waals surface area contributed by atoms with E-state index in [0.29, 0.717) is 5.69 Å². The monoisotopic (exact) mass is 222 g/mol. The quantitative estimate of drug-likeness (QED) is 0.311. The first kappa shape index (κ1) is 8.89. The van der Waals surface area contributed by atoms with E-state index in [2.05, 4.69) is 9.79 Å². The Morgan fingerprint density at radius 1 is 1.50 bits per heavy atom. The minimum atomic E-state index is -0.586. The number of fused-ring (bicyclic) bond motifs is 1. The zero-order chi connectivity index (χ0) is 11.3. The molecule has 3 rings (SSSR count). The second-order valence-corrected chi connectivity index (χ2v) is 3.48. The number of hydrogen-bond acceptors (Lipinski definition) is 6. The second-order valence-electron chi connectivity index (χ2n) is 3.48. The molecule has 0 saturated carbocycles. The Labute approximate surface area is 88.3 Å². The third-order valence-corrected chi connectivity index (χ3v) is 2.48. The molecule has 82 valence electrons. The molecule has 8 heteroatoms. The van der Waals surface area contributed by atoms with Crippen molar-refractivity contribution in [2.75, 3.05) is 18.0 Å². The molecule has 1 aliphatic heterocycles. The van der Waals surface area contributed by atoms with Crippen LogP contribution in [0.2, 0.25) is 0 Å². The predicted octanol–water partition coefficient (Wildman–Crippen LogP) is 0.189. The van der Waals surface area contributed by atoms with Crippen molar-refractivity contribution >= 4 is 22.4 Å². The zero-order valence-corrected chi connectivity index (χ0v) is 7.99. The number of rotatable bonds is 2. The fourth-order valence-corrected chi connectivity index (χ4v) is 1.64. The van der Waals surface area contributed by atoms with Gasteiger partial charge in [-0.3, -0.25) is 14.7 Å². The van der Waals surface area contributed by atoms with Crippen LogP contribution >= 0.6 is 0 Å². The zero-order valence-electron chi connectivity index (χ0n) is 7.99. The third-order valence-electron chi connectivity index (χ3n) is 2.48. The van der Waals surface area contributed by atoms with Crippen LogP contribution in [0.4, 0.5) is 11.4 Å². The molecule has 0 spiro atoms. The van der Waals surface area contributed by atoms with Crippen LogP contribution in [-0.2, 0) is 0 Å². The van der Waals surface area contributed by atoms with Gasteiger partial charge in [-0.2, -0.15) is 0 Å². The fraction of sp³-hybridized carbons (Fsp3) is 0.250. The van der Waals surface area contributed by atoms with Gasteiger partial charge in [0, 0.05) is 19.2 Å². The highest BCUT2D eigenvalue weighted by atomic mass is 16.8.